The van der Waals surface area contributed by atoms with Gasteiger partial charge in [0.1, 0.15) is 0 Å². The Morgan fingerprint density at radius 3 is 2.10 bits per heavy atom. The van der Waals surface area contributed by atoms with E-state index in [0.29, 0.717) is 0 Å². The first-order valence-corrected chi connectivity index (χ1v) is 21.0. The van der Waals surface area contributed by atoms with Crippen LogP contribution < -0.4 is 10.6 Å². The highest BCUT2D eigenvalue weighted by Gasteiger charge is 2.45. The van der Waals surface area contributed by atoms with Crippen molar-refractivity contribution in [2.45, 2.75) is 32.9 Å². The Hall–Kier alpha value is -4.86. The summed E-state index contributed by atoms with van der Waals surface area (Å²) < 4.78 is 2.60. The first-order chi connectivity index (χ1) is 25.7. The maximum Gasteiger partial charge on any atom is 0.0834 e. The number of allylic oxidation sites excluding steroid dienone is 4. The molecule has 8 heteroatoms. The van der Waals surface area contributed by atoms with Crippen LogP contribution >= 0.6 is 46.2 Å². The second-order valence-corrected chi connectivity index (χ2v) is 18.5. The minimum Gasteiger partial charge on any atom is -0.377 e. The van der Waals surface area contributed by atoms with Gasteiger partial charge in [-0.15, -0.1) is 34.4 Å². The van der Waals surface area contributed by atoms with Crippen molar-refractivity contribution in [3.63, 3.8) is 0 Å². The SMILES string of the molecule is C1=C2N=C(/C=C3\N/C(=C\C4=NC(=C\C5=C6Sc7ccccc7C6C/1N5)/c1c4sc4ccccc14)C1c4ccccc4SC31)c1c\2sc2ccccc12. The number of benzene rings is 4. The quantitative estimate of drug-likeness (QED) is 0.163. The van der Waals surface area contributed by atoms with Crippen LogP contribution in [0.25, 0.3) is 31.6 Å². The summed E-state index contributed by atoms with van der Waals surface area (Å²) in [4.78, 5) is 17.6. The normalized spacial score (nSPS) is 28.2. The largest absolute Gasteiger partial charge is 0.377 e. The predicted molar refractivity (Wildman–Crippen MR) is 220 cm³/mol. The zero-order valence-corrected chi connectivity index (χ0v) is 30.6. The molecule has 246 valence electrons. The van der Waals surface area contributed by atoms with Gasteiger partial charge in [-0.1, -0.05) is 84.6 Å². The van der Waals surface area contributed by atoms with Gasteiger partial charge in [-0.3, -0.25) is 0 Å². The average molecular weight is 739 g/mol. The minimum atomic E-state index is 0.0543. The topological polar surface area (TPSA) is 48.8 Å². The molecule has 13 rings (SSSR count). The van der Waals surface area contributed by atoms with Crippen molar-refractivity contribution in [3.05, 3.63) is 175 Å². The summed E-state index contributed by atoms with van der Waals surface area (Å²) in [7, 11) is 0. The van der Waals surface area contributed by atoms with Crippen molar-refractivity contribution in [1.82, 2.24) is 10.6 Å². The second kappa shape index (κ2) is 10.4. The van der Waals surface area contributed by atoms with Gasteiger partial charge in [0, 0.05) is 74.9 Å². The van der Waals surface area contributed by atoms with E-state index in [4.69, 9.17) is 9.98 Å². The van der Waals surface area contributed by atoms with Gasteiger partial charge in [-0.2, -0.15) is 0 Å². The number of fused-ring (bicyclic) bond motifs is 25. The van der Waals surface area contributed by atoms with E-state index in [9.17, 15) is 0 Å². The molecular formula is C44H26N4S4. The molecule has 0 spiro atoms. The predicted octanol–water partition coefficient (Wildman–Crippen LogP) is 10.8. The molecule has 2 N–H and O–H groups in total. The summed E-state index contributed by atoms with van der Waals surface area (Å²) in [6, 6.07) is 35.5. The molecular weight excluding hydrogens is 713 g/mol. The van der Waals surface area contributed by atoms with Crippen LogP contribution in [0, 0.1) is 0 Å². The molecule has 4 nitrogen and oxygen atoms in total. The van der Waals surface area contributed by atoms with Gasteiger partial charge in [-0.05, 0) is 59.7 Å². The third-order valence-electron chi connectivity index (χ3n) is 11.3. The van der Waals surface area contributed by atoms with Crippen molar-refractivity contribution in [2.24, 2.45) is 9.98 Å². The maximum absolute atomic E-state index is 5.50. The molecule has 2 aromatic heterocycles. The van der Waals surface area contributed by atoms with Crippen LogP contribution in [0.1, 0.15) is 43.8 Å². The Bertz CT molecular complexity index is 2890. The van der Waals surface area contributed by atoms with Crippen molar-refractivity contribution >= 4 is 89.2 Å². The molecule has 0 amide bonds. The van der Waals surface area contributed by atoms with Crippen LogP contribution in [-0.2, 0) is 0 Å². The summed E-state index contributed by atoms with van der Waals surface area (Å²) in [5.74, 6) is 0.424. The molecule has 0 radical (unpaired) electrons. The van der Waals surface area contributed by atoms with Crippen LogP contribution in [0.4, 0.5) is 0 Å². The smallest absolute Gasteiger partial charge is 0.0834 e. The van der Waals surface area contributed by atoms with E-state index in [0.717, 1.165) is 28.5 Å². The zero-order valence-electron chi connectivity index (χ0n) is 27.4. The van der Waals surface area contributed by atoms with E-state index in [1.165, 1.54) is 78.3 Å². The van der Waals surface area contributed by atoms with Crippen LogP contribution in [0.5, 0.6) is 0 Å². The zero-order chi connectivity index (χ0) is 33.7. The lowest BCUT2D eigenvalue weighted by Gasteiger charge is -2.17. The Labute approximate surface area is 316 Å². The monoisotopic (exact) mass is 738 g/mol. The lowest BCUT2D eigenvalue weighted by Crippen LogP contribution is -2.25. The van der Waals surface area contributed by atoms with Gasteiger partial charge < -0.3 is 10.6 Å². The standard InChI is InChI=1S/C44H26N4S4/c1-5-13-33-21(9-1)37-25-17-30-42-39(23-11-3-6-14-34(23)50-42)27(46-30)19-32-44-40(24-12-4-8-16-36(24)52-44)28(48-32)20-31-43-38(22-10-2-7-15-35(22)51-43)26(47-31)18-29(45-25)41(37)49-33/h1-20,25,37,40,44-45,48H/b26-18-,28-20-,30-17-,32-19-. The average Bonchev–Trinajstić information content (AvgIpc) is 4.02. The van der Waals surface area contributed by atoms with Gasteiger partial charge in [0.25, 0.3) is 0 Å². The fraction of sp³-hybridized carbons (Fsp3) is 0.0909. The fourth-order valence-corrected chi connectivity index (χ4v) is 14.2. The van der Waals surface area contributed by atoms with E-state index in [2.05, 4.69) is 132 Å². The Kier molecular flexibility index (Phi) is 5.73. The summed E-state index contributed by atoms with van der Waals surface area (Å²) in [5, 5.41) is 10.8. The molecule has 4 unspecified atom stereocenters. The summed E-state index contributed by atoms with van der Waals surface area (Å²) in [6.45, 7) is 0. The first-order valence-electron chi connectivity index (χ1n) is 17.6. The summed E-state index contributed by atoms with van der Waals surface area (Å²) in [6.07, 6.45) is 9.45. The fourth-order valence-electron chi connectivity index (χ4n) is 9.12. The van der Waals surface area contributed by atoms with Crippen molar-refractivity contribution in [2.75, 3.05) is 0 Å². The molecule has 8 bridgehead atoms. The molecule has 9 heterocycles. The number of hydrogen-bond donors (Lipinski definition) is 2. The van der Waals surface area contributed by atoms with Gasteiger partial charge in [0.15, 0.2) is 0 Å². The first kappa shape index (κ1) is 28.7. The van der Waals surface area contributed by atoms with Crippen molar-refractivity contribution < 1.29 is 0 Å². The van der Waals surface area contributed by atoms with E-state index in [-0.39, 0.29) is 23.1 Å². The number of rotatable bonds is 0. The highest BCUT2D eigenvalue weighted by molar-refractivity contribution is 8.03. The number of thioether (sulfide) groups is 2. The Morgan fingerprint density at radius 1 is 0.577 bits per heavy atom. The van der Waals surface area contributed by atoms with Crippen LogP contribution in [-0.4, -0.2) is 22.7 Å². The minimum absolute atomic E-state index is 0.0543. The number of hydrogen-bond acceptors (Lipinski definition) is 8. The number of aliphatic imine (C=N–C) groups is 2. The molecule has 4 atom stereocenters. The Morgan fingerprint density at radius 2 is 1.25 bits per heavy atom. The molecule has 1 fully saturated rings. The van der Waals surface area contributed by atoms with E-state index >= 15 is 0 Å². The van der Waals surface area contributed by atoms with Gasteiger partial charge >= 0.3 is 0 Å². The molecule has 1 saturated heterocycles. The highest BCUT2D eigenvalue weighted by Crippen LogP contribution is 2.57. The van der Waals surface area contributed by atoms with Gasteiger partial charge in [0.2, 0.25) is 0 Å². The van der Waals surface area contributed by atoms with Crippen LogP contribution in [0.15, 0.2) is 163 Å². The van der Waals surface area contributed by atoms with Crippen LogP contribution in [0.3, 0.4) is 0 Å². The van der Waals surface area contributed by atoms with Gasteiger partial charge in [0.05, 0.1) is 43.9 Å². The van der Waals surface area contributed by atoms with Crippen molar-refractivity contribution in [3.8, 4) is 0 Å². The Balaban J connectivity index is 1.09. The highest BCUT2D eigenvalue weighted by atomic mass is 32.2. The van der Waals surface area contributed by atoms with Gasteiger partial charge in [-0.25, -0.2) is 9.98 Å². The summed E-state index contributed by atoms with van der Waals surface area (Å²) in [5.41, 5.74) is 13.0. The third kappa shape index (κ3) is 3.85. The van der Waals surface area contributed by atoms with Crippen molar-refractivity contribution in [1.29, 1.82) is 0 Å². The number of nitrogens with zero attached hydrogens (tertiary/aromatic N) is 2. The number of thiophene rings is 2. The lowest BCUT2D eigenvalue weighted by atomic mass is 9.92. The maximum atomic E-state index is 5.50. The molecule has 6 aromatic rings. The van der Waals surface area contributed by atoms with Crippen LogP contribution in [0.2, 0.25) is 0 Å². The van der Waals surface area contributed by atoms with E-state index < -0.39 is 0 Å². The van der Waals surface area contributed by atoms with E-state index in [1.54, 1.807) is 0 Å². The number of nitrogens with one attached hydrogen (secondary N) is 2. The molecule has 7 aliphatic heterocycles. The second-order valence-electron chi connectivity index (χ2n) is 14.1. The molecule has 52 heavy (non-hydrogen) atoms. The molecule has 0 saturated carbocycles. The molecule has 0 aliphatic carbocycles. The molecule has 7 aliphatic rings. The lowest BCUT2D eigenvalue weighted by molar-refractivity contribution is 0.666. The van der Waals surface area contributed by atoms with E-state index in [1.807, 2.05) is 46.2 Å². The summed E-state index contributed by atoms with van der Waals surface area (Å²) >= 11 is 7.60. The molecule has 4 aromatic carbocycles. The third-order valence-corrected chi connectivity index (χ3v) is 16.4.